The lowest BCUT2D eigenvalue weighted by Gasteiger charge is -2.35. The van der Waals surface area contributed by atoms with Crippen molar-refractivity contribution in [3.63, 3.8) is 0 Å². The number of hydrogen-bond donors (Lipinski definition) is 2. The van der Waals surface area contributed by atoms with Crippen LogP contribution in [-0.4, -0.2) is 67.3 Å². The van der Waals surface area contributed by atoms with Gasteiger partial charge in [0.2, 0.25) is 0 Å². The number of aromatic nitrogens is 4. The van der Waals surface area contributed by atoms with Crippen LogP contribution in [0.15, 0.2) is 85.1 Å². The van der Waals surface area contributed by atoms with Crippen molar-refractivity contribution in [2.24, 2.45) is 0 Å². The third kappa shape index (κ3) is 6.50. The molecule has 1 aliphatic heterocycles. The van der Waals surface area contributed by atoms with E-state index in [1.54, 1.807) is 6.20 Å². The van der Waals surface area contributed by atoms with Gasteiger partial charge in [-0.3, -0.25) is 14.9 Å². The van der Waals surface area contributed by atoms with E-state index < -0.39 is 11.7 Å². The van der Waals surface area contributed by atoms with E-state index in [1.807, 2.05) is 68.2 Å². The lowest BCUT2D eigenvalue weighted by Crippen LogP contribution is -2.54. The molecule has 0 bridgehead atoms. The van der Waals surface area contributed by atoms with E-state index in [0.29, 0.717) is 11.6 Å². The van der Waals surface area contributed by atoms with Gasteiger partial charge in [0, 0.05) is 50.2 Å². The fraction of sp³-hybridized carbons (Fsp3) is 0.273. The molecule has 1 saturated heterocycles. The largest absolute Gasteiger partial charge is 0.443 e. The molecule has 0 atom stereocenters. The highest BCUT2D eigenvalue weighted by atomic mass is 16.6. The Labute approximate surface area is 251 Å². The van der Waals surface area contributed by atoms with Crippen LogP contribution in [-0.2, 0) is 11.3 Å². The zero-order valence-electron chi connectivity index (χ0n) is 24.7. The Bertz CT molecular complexity index is 1720. The van der Waals surface area contributed by atoms with E-state index in [-0.39, 0.29) is 0 Å². The maximum absolute atomic E-state index is 12.1. The number of nitrogens with zero attached hydrogens (tertiary/aromatic N) is 6. The third-order valence-electron chi connectivity index (χ3n) is 7.27. The van der Waals surface area contributed by atoms with E-state index in [9.17, 15) is 4.79 Å². The molecule has 0 spiro atoms. The highest BCUT2D eigenvalue weighted by Crippen LogP contribution is 2.32. The average Bonchev–Trinajstić information content (AvgIpc) is 3.37. The second kappa shape index (κ2) is 11.8. The number of carbonyl (C=O) groups excluding carboxylic acids is 1. The van der Waals surface area contributed by atoms with Gasteiger partial charge >= 0.3 is 6.09 Å². The van der Waals surface area contributed by atoms with Crippen LogP contribution in [0, 0.1) is 0 Å². The molecule has 3 aromatic heterocycles. The Morgan fingerprint density at radius 2 is 1.65 bits per heavy atom. The van der Waals surface area contributed by atoms with Crippen LogP contribution >= 0.6 is 0 Å². The molecule has 1 amide bonds. The van der Waals surface area contributed by atoms with Gasteiger partial charge in [0.05, 0.1) is 11.3 Å². The smallest absolute Gasteiger partial charge is 0.422 e. The summed E-state index contributed by atoms with van der Waals surface area (Å²) in [5.74, 6) is 1.11. The molecule has 0 aliphatic carbocycles. The summed E-state index contributed by atoms with van der Waals surface area (Å²) in [6.45, 7) is 9.51. The van der Waals surface area contributed by atoms with Crippen LogP contribution in [0.5, 0.6) is 0 Å². The maximum atomic E-state index is 12.1. The number of nitrogens with two attached hydrogens (primary N) is 1. The molecule has 10 heteroatoms. The zero-order valence-corrected chi connectivity index (χ0v) is 24.7. The SMILES string of the molecule is CC(C)(C)OC(=O)NN1CCN(Cc2ccc(-n3c(-c4cccnc4N)nc4ccc(-c5ccccc5)nc43)cc2)CC1. The normalized spacial score (nSPS) is 14.6. The second-order valence-electron chi connectivity index (χ2n) is 11.7. The first kappa shape index (κ1) is 28.3. The van der Waals surface area contributed by atoms with Gasteiger partial charge in [0.25, 0.3) is 0 Å². The van der Waals surface area contributed by atoms with E-state index in [4.69, 9.17) is 20.4 Å². The van der Waals surface area contributed by atoms with Gasteiger partial charge in [-0.2, -0.15) is 0 Å². The molecular weight excluding hydrogens is 540 g/mol. The summed E-state index contributed by atoms with van der Waals surface area (Å²) < 4.78 is 7.43. The number of anilines is 1. The van der Waals surface area contributed by atoms with Crippen LogP contribution in [0.4, 0.5) is 10.6 Å². The number of ether oxygens (including phenoxy) is 1. The molecule has 4 heterocycles. The number of hydrazine groups is 1. The van der Waals surface area contributed by atoms with Crippen molar-refractivity contribution in [3.8, 4) is 28.3 Å². The number of fused-ring (bicyclic) bond motifs is 1. The summed E-state index contributed by atoms with van der Waals surface area (Å²) in [5.41, 5.74) is 15.0. The van der Waals surface area contributed by atoms with Gasteiger partial charge in [-0.25, -0.2) is 24.8 Å². The van der Waals surface area contributed by atoms with E-state index in [1.165, 1.54) is 5.56 Å². The number of hydrogen-bond acceptors (Lipinski definition) is 8. The van der Waals surface area contributed by atoms with Crippen LogP contribution in [0.1, 0.15) is 26.3 Å². The molecule has 10 nitrogen and oxygen atoms in total. The molecule has 5 aromatic rings. The second-order valence-corrected chi connectivity index (χ2v) is 11.7. The van der Waals surface area contributed by atoms with Gasteiger partial charge in [-0.15, -0.1) is 0 Å². The number of benzene rings is 2. The predicted molar refractivity (Wildman–Crippen MR) is 168 cm³/mol. The van der Waals surface area contributed by atoms with Gasteiger partial charge < -0.3 is 10.5 Å². The van der Waals surface area contributed by atoms with Crippen LogP contribution < -0.4 is 11.2 Å². The Balaban J connectivity index is 1.23. The number of rotatable bonds is 6. The summed E-state index contributed by atoms with van der Waals surface area (Å²) in [6, 6.07) is 26.4. The fourth-order valence-electron chi connectivity index (χ4n) is 5.22. The molecule has 1 fully saturated rings. The minimum atomic E-state index is -0.521. The van der Waals surface area contributed by atoms with E-state index >= 15 is 0 Å². The number of imidazole rings is 1. The van der Waals surface area contributed by atoms with Gasteiger partial charge in [-0.05, 0) is 62.7 Å². The van der Waals surface area contributed by atoms with E-state index in [2.05, 4.69) is 56.3 Å². The van der Waals surface area contributed by atoms with Crippen molar-refractivity contribution in [3.05, 3.63) is 90.6 Å². The number of pyridine rings is 2. The molecule has 43 heavy (non-hydrogen) atoms. The minimum Gasteiger partial charge on any atom is -0.443 e. The quantitative estimate of drug-likeness (QED) is 0.280. The zero-order chi connectivity index (χ0) is 30.0. The van der Waals surface area contributed by atoms with Crippen molar-refractivity contribution in [2.75, 3.05) is 31.9 Å². The van der Waals surface area contributed by atoms with Crippen molar-refractivity contribution < 1.29 is 9.53 Å². The molecule has 0 unspecified atom stereocenters. The Morgan fingerprint density at radius 3 is 2.35 bits per heavy atom. The molecule has 0 radical (unpaired) electrons. The summed E-state index contributed by atoms with van der Waals surface area (Å²) in [6.07, 6.45) is 1.26. The predicted octanol–water partition coefficient (Wildman–Crippen LogP) is 5.29. The summed E-state index contributed by atoms with van der Waals surface area (Å²) in [4.78, 5) is 28.8. The van der Waals surface area contributed by atoms with Crippen LogP contribution in [0.3, 0.4) is 0 Å². The first-order valence-electron chi connectivity index (χ1n) is 14.5. The van der Waals surface area contributed by atoms with Crippen LogP contribution in [0.2, 0.25) is 0 Å². The molecule has 0 saturated carbocycles. The first-order chi connectivity index (χ1) is 20.7. The lowest BCUT2D eigenvalue weighted by molar-refractivity contribution is 0.0213. The molecule has 1 aliphatic rings. The van der Waals surface area contributed by atoms with Gasteiger partial charge in [-0.1, -0.05) is 42.5 Å². The van der Waals surface area contributed by atoms with Crippen molar-refractivity contribution in [1.82, 2.24) is 34.9 Å². The monoisotopic (exact) mass is 576 g/mol. The third-order valence-corrected chi connectivity index (χ3v) is 7.27. The number of nitrogen functional groups attached to an aromatic ring is 1. The van der Waals surface area contributed by atoms with Gasteiger partial charge in [0.1, 0.15) is 16.9 Å². The highest BCUT2D eigenvalue weighted by Gasteiger charge is 2.23. The highest BCUT2D eigenvalue weighted by molar-refractivity contribution is 5.84. The topological polar surface area (TPSA) is 114 Å². The average molecular weight is 577 g/mol. The molecule has 6 rings (SSSR count). The number of amides is 1. The molecular formula is C33H36N8O2. The van der Waals surface area contributed by atoms with Gasteiger partial charge in [0.15, 0.2) is 11.5 Å². The minimum absolute atomic E-state index is 0.415. The van der Waals surface area contributed by atoms with Crippen molar-refractivity contribution in [2.45, 2.75) is 32.9 Å². The molecule has 3 N–H and O–H groups in total. The summed E-state index contributed by atoms with van der Waals surface area (Å²) in [5, 5.41) is 1.92. The lowest BCUT2D eigenvalue weighted by atomic mass is 10.1. The van der Waals surface area contributed by atoms with Crippen molar-refractivity contribution in [1.29, 1.82) is 0 Å². The Morgan fingerprint density at radius 1 is 0.907 bits per heavy atom. The fourth-order valence-corrected chi connectivity index (χ4v) is 5.22. The van der Waals surface area contributed by atoms with Crippen molar-refractivity contribution >= 4 is 23.1 Å². The van der Waals surface area contributed by atoms with Crippen LogP contribution in [0.25, 0.3) is 39.5 Å². The van der Waals surface area contributed by atoms with E-state index in [0.717, 1.165) is 66.4 Å². The number of piperazine rings is 1. The summed E-state index contributed by atoms with van der Waals surface area (Å²) in [7, 11) is 0. The first-order valence-corrected chi connectivity index (χ1v) is 14.5. The Kier molecular flexibility index (Phi) is 7.79. The standard InChI is InChI=1S/C33H36N8O2/c1-33(2,3)43-32(42)38-40-20-18-39(19-21-40)22-23-11-13-25(14-12-23)41-30(26-10-7-17-35-29(26)34)37-28-16-15-27(36-31(28)41)24-8-5-4-6-9-24/h4-17H,18-22H2,1-3H3,(H2,34,35)(H,38,42). The molecule has 2 aromatic carbocycles. The maximum Gasteiger partial charge on any atom is 0.422 e. The summed E-state index contributed by atoms with van der Waals surface area (Å²) >= 11 is 0. The number of nitrogens with one attached hydrogen (secondary N) is 1. The Hall–Kier alpha value is -4.80. The number of carbonyl (C=O) groups is 1. The molecule has 220 valence electrons.